The summed E-state index contributed by atoms with van der Waals surface area (Å²) in [4.78, 5) is 22.6. The second-order valence-corrected chi connectivity index (χ2v) is 4.20. The fraction of sp³-hybridized carbons (Fsp3) is 0. The molecular formula is C13H7ClN2O4. The number of rotatable bonds is 3. The summed E-state index contributed by atoms with van der Waals surface area (Å²) in [5, 5.41) is 20.5. The predicted octanol–water partition coefficient (Wildman–Crippen LogP) is 2.76. The molecule has 1 aromatic carbocycles. The topological polar surface area (TPSA) is 103 Å². The largest absolute Gasteiger partial charge is 0.478 e. The highest BCUT2D eigenvalue weighted by Crippen LogP contribution is 2.21. The van der Waals surface area contributed by atoms with Gasteiger partial charge in [-0.05, 0) is 18.2 Å². The number of carbonyl (C=O) groups is 2. The Labute approximate surface area is 118 Å². The SMILES string of the molecule is N#Cc1ccc(Cl)cc1NC(=O)c1cc(C(=O)O)co1. The third kappa shape index (κ3) is 2.79. The summed E-state index contributed by atoms with van der Waals surface area (Å²) in [7, 11) is 0. The van der Waals surface area contributed by atoms with Gasteiger partial charge in [-0.1, -0.05) is 11.6 Å². The highest BCUT2D eigenvalue weighted by molar-refractivity contribution is 6.31. The number of amides is 1. The van der Waals surface area contributed by atoms with Crippen LogP contribution in [0, 0.1) is 11.3 Å². The molecule has 0 aliphatic rings. The number of hydrogen-bond acceptors (Lipinski definition) is 4. The number of aromatic carboxylic acids is 1. The second kappa shape index (κ2) is 5.47. The van der Waals surface area contributed by atoms with Crippen LogP contribution in [0.25, 0.3) is 0 Å². The molecule has 7 heteroatoms. The van der Waals surface area contributed by atoms with Gasteiger partial charge in [0.25, 0.3) is 5.91 Å². The summed E-state index contributed by atoms with van der Waals surface area (Å²) in [6, 6.07) is 7.39. The zero-order valence-corrected chi connectivity index (χ0v) is 10.6. The Hall–Kier alpha value is -2.78. The standard InChI is InChI=1S/C13H7ClN2O4/c14-9-2-1-7(5-15)10(4-9)16-12(17)11-3-8(6-20-11)13(18)19/h1-4,6H,(H,16,17)(H,18,19). The quantitative estimate of drug-likeness (QED) is 0.904. The van der Waals surface area contributed by atoms with Gasteiger partial charge >= 0.3 is 5.97 Å². The molecule has 0 atom stereocenters. The van der Waals surface area contributed by atoms with Gasteiger partial charge in [0, 0.05) is 11.1 Å². The number of carboxylic acids is 1. The molecule has 20 heavy (non-hydrogen) atoms. The minimum absolute atomic E-state index is 0.137. The van der Waals surface area contributed by atoms with Crippen LogP contribution in [0.15, 0.2) is 34.9 Å². The van der Waals surface area contributed by atoms with Gasteiger partial charge < -0.3 is 14.8 Å². The Morgan fingerprint density at radius 1 is 1.35 bits per heavy atom. The molecule has 2 N–H and O–H groups in total. The molecule has 6 nitrogen and oxygen atoms in total. The van der Waals surface area contributed by atoms with E-state index >= 15 is 0 Å². The van der Waals surface area contributed by atoms with E-state index in [0.29, 0.717) is 5.02 Å². The van der Waals surface area contributed by atoms with E-state index in [0.717, 1.165) is 12.3 Å². The number of anilines is 1. The lowest BCUT2D eigenvalue weighted by atomic mass is 10.2. The minimum Gasteiger partial charge on any atom is -0.478 e. The van der Waals surface area contributed by atoms with Gasteiger partial charge in [0.15, 0.2) is 5.76 Å². The van der Waals surface area contributed by atoms with E-state index in [1.54, 1.807) is 0 Å². The molecule has 0 unspecified atom stereocenters. The maximum Gasteiger partial charge on any atom is 0.338 e. The first-order valence-electron chi connectivity index (χ1n) is 5.34. The molecule has 0 aliphatic carbocycles. The molecule has 0 radical (unpaired) electrons. The van der Waals surface area contributed by atoms with E-state index in [1.165, 1.54) is 18.2 Å². The van der Waals surface area contributed by atoms with E-state index in [9.17, 15) is 9.59 Å². The number of carboxylic acid groups (broad SMARTS) is 1. The number of nitriles is 1. The van der Waals surface area contributed by atoms with Crippen molar-refractivity contribution < 1.29 is 19.1 Å². The fourth-order valence-electron chi connectivity index (χ4n) is 1.47. The van der Waals surface area contributed by atoms with Crippen LogP contribution in [0.3, 0.4) is 0 Å². The van der Waals surface area contributed by atoms with Crippen molar-refractivity contribution in [2.75, 3.05) is 5.32 Å². The molecule has 1 aromatic heterocycles. The van der Waals surface area contributed by atoms with Crippen molar-refractivity contribution in [3.05, 3.63) is 52.4 Å². The van der Waals surface area contributed by atoms with Crippen LogP contribution in [0.4, 0.5) is 5.69 Å². The van der Waals surface area contributed by atoms with Crippen LogP contribution in [0.2, 0.25) is 5.02 Å². The molecule has 1 heterocycles. The van der Waals surface area contributed by atoms with Crippen LogP contribution in [-0.2, 0) is 0 Å². The molecule has 0 spiro atoms. The first kappa shape index (κ1) is 13.6. The van der Waals surface area contributed by atoms with Crippen molar-refractivity contribution >= 4 is 29.2 Å². The van der Waals surface area contributed by atoms with Crippen LogP contribution in [0.5, 0.6) is 0 Å². The van der Waals surface area contributed by atoms with Gasteiger partial charge in [0.1, 0.15) is 12.3 Å². The molecule has 2 rings (SSSR count). The summed E-state index contributed by atoms with van der Waals surface area (Å²) in [5.41, 5.74) is 0.313. The van der Waals surface area contributed by atoms with E-state index in [1.807, 2.05) is 6.07 Å². The lowest BCUT2D eigenvalue weighted by Crippen LogP contribution is -2.12. The Morgan fingerprint density at radius 2 is 2.10 bits per heavy atom. The molecular weight excluding hydrogens is 284 g/mol. The zero-order chi connectivity index (χ0) is 14.7. The monoisotopic (exact) mass is 290 g/mol. The van der Waals surface area contributed by atoms with Crippen molar-refractivity contribution in [3.8, 4) is 6.07 Å². The van der Waals surface area contributed by atoms with Gasteiger partial charge in [-0.2, -0.15) is 5.26 Å². The summed E-state index contributed by atoms with van der Waals surface area (Å²) in [6.07, 6.45) is 0.959. The van der Waals surface area contributed by atoms with Gasteiger partial charge in [-0.15, -0.1) is 0 Å². The van der Waals surface area contributed by atoms with Gasteiger partial charge in [-0.3, -0.25) is 4.79 Å². The Balaban J connectivity index is 2.25. The van der Waals surface area contributed by atoms with Gasteiger partial charge in [-0.25, -0.2) is 4.79 Å². The molecule has 0 aliphatic heterocycles. The molecule has 0 saturated carbocycles. The predicted molar refractivity (Wildman–Crippen MR) is 69.8 cm³/mol. The average molecular weight is 291 g/mol. The van der Waals surface area contributed by atoms with Crippen molar-refractivity contribution in [1.82, 2.24) is 0 Å². The maximum atomic E-state index is 11.9. The lowest BCUT2D eigenvalue weighted by molar-refractivity contribution is 0.0696. The molecule has 0 saturated heterocycles. The number of furan rings is 1. The van der Waals surface area contributed by atoms with Crippen LogP contribution in [0.1, 0.15) is 26.5 Å². The summed E-state index contributed by atoms with van der Waals surface area (Å²) < 4.78 is 4.85. The van der Waals surface area contributed by atoms with Gasteiger partial charge in [0.2, 0.25) is 0 Å². The Bertz CT molecular complexity index is 730. The molecule has 2 aromatic rings. The maximum absolute atomic E-state index is 11.9. The minimum atomic E-state index is -1.20. The van der Waals surface area contributed by atoms with E-state index in [-0.39, 0.29) is 22.6 Å². The van der Waals surface area contributed by atoms with E-state index < -0.39 is 11.9 Å². The fourth-order valence-corrected chi connectivity index (χ4v) is 1.64. The Morgan fingerprint density at radius 3 is 2.70 bits per heavy atom. The molecule has 1 amide bonds. The first-order valence-corrected chi connectivity index (χ1v) is 5.72. The smallest absolute Gasteiger partial charge is 0.338 e. The average Bonchev–Trinajstić information content (AvgIpc) is 2.89. The highest BCUT2D eigenvalue weighted by Gasteiger charge is 2.16. The number of hydrogen-bond donors (Lipinski definition) is 2. The molecule has 0 bridgehead atoms. The first-order chi connectivity index (χ1) is 9.51. The summed E-state index contributed by atoms with van der Waals surface area (Å²) in [6.45, 7) is 0. The number of nitrogens with zero attached hydrogens (tertiary/aromatic N) is 1. The second-order valence-electron chi connectivity index (χ2n) is 3.76. The van der Waals surface area contributed by atoms with Crippen molar-refractivity contribution in [3.63, 3.8) is 0 Å². The summed E-state index contributed by atoms with van der Waals surface area (Å²) in [5.74, 6) is -2.05. The van der Waals surface area contributed by atoms with Crippen molar-refractivity contribution in [2.45, 2.75) is 0 Å². The third-order valence-corrected chi connectivity index (χ3v) is 2.66. The number of nitrogens with one attached hydrogen (secondary N) is 1. The van der Waals surface area contributed by atoms with Crippen LogP contribution in [-0.4, -0.2) is 17.0 Å². The Kier molecular flexibility index (Phi) is 3.73. The number of carbonyl (C=O) groups excluding carboxylic acids is 1. The van der Waals surface area contributed by atoms with E-state index in [2.05, 4.69) is 5.32 Å². The number of halogens is 1. The number of benzene rings is 1. The van der Waals surface area contributed by atoms with E-state index in [4.69, 9.17) is 26.4 Å². The lowest BCUT2D eigenvalue weighted by Gasteiger charge is -2.05. The molecule has 100 valence electrons. The van der Waals surface area contributed by atoms with Crippen molar-refractivity contribution in [1.29, 1.82) is 5.26 Å². The normalized spacial score (nSPS) is 9.80. The summed E-state index contributed by atoms with van der Waals surface area (Å²) >= 11 is 5.79. The van der Waals surface area contributed by atoms with Crippen LogP contribution >= 0.6 is 11.6 Å². The third-order valence-electron chi connectivity index (χ3n) is 2.42. The van der Waals surface area contributed by atoms with Crippen LogP contribution < -0.4 is 5.32 Å². The zero-order valence-electron chi connectivity index (χ0n) is 9.88. The van der Waals surface area contributed by atoms with Crippen molar-refractivity contribution in [2.24, 2.45) is 0 Å². The highest BCUT2D eigenvalue weighted by atomic mass is 35.5. The molecule has 0 fully saturated rings. The van der Waals surface area contributed by atoms with Gasteiger partial charge in [0.05, 0.1) is 16.8 Å².